The Morgan fingerprint density at radius 3 is 2.43 bits per heavy atom. The van der Waals surface area contributed by atoms with E-state index in [0.717, 1.165) is 43.5 Å². The average Bonchev–Trinajstić information content (AvgIpc) is 3.21. The van der Waals surface area contributed by atoms with Crippen molar-refractivity contribution in [3.8, 4) is 5.75 Å². The first-order chi connectivity index (χ1) is 13.2. The summed E-state index contributed by atoms with van der Waals surface area (Å²) in [5.74, 6) is 0.548. The lowest BCUT2D eigenvalue weighted by molar-refractivity contribution is -0.135. The van der Waals surface area contributed by atoms with Crippen LogP contribution in [-0.2, 0) is 4.79 Å². The van der Waals surface area contributed by atoms with Gasteiger partial charge in [-0.1, -0.05) is 40.7 Å². The molecule has 3 rings (SSSR count). The van der Waals surface area contributed by atoms with Crippen molar-refractivity contribution in [3.63, 3.8) is 0 Å². The van der Waals surface area contributed by atoms with E-state index in [9.17, 15) is 14.7 Å². The van der Waals surface area contributed by atoms with Crippen LogP contribution in [0.25, 0.3) is 0 Å². The fourth-order valence-corrected chi connectivity index (χ4v) is 4.59. The SMILES string of the molecule is CCCN1CCC2(CCN(C(=O)c3cc(C(C)C)cc(C(C)C)c3O)C2)C1=O. The maximum absolute atomic E-state index is 13.3. The summed E-state index contributed by atoms with van der Waals surface area (Å²) >= 11 is 0. The normalized spacial score (nSPS) is 22.3. The van der Waals surface area contributed by atoms with Crippen LogP contribution in [0.15, 0.2) is 12.1 Å². The molecule has 2 fully saturated rings. The number of phenolic OH excluding ortho intramolecular Hbond substituents is 1. The summed E-state index contributed by atoms with van der Waals surface area (Å²) in [6, 6.07) is 3.84. The lowest BCUT2D eigenvalue weighted by Crippen LogP contribution is -2.38. The molecule has 2 saturated heterocycles. The number of hydrogen-bond donors (Lipinski definition) is 1. The highest BCUT2D eigenvalue weighted by atomic mass is 16.3. The number of carbonyl (C=O) groups is 2. The fourth-order valence-electron chi connectivity index (χ4n) is 4.59. The van der Waals surface area contributed by atoms with Crippen molar-refractivity contribution in [2.75, 3.05) is 26.2 Å². The Morgan fingerprint density at radius 2 is 1.82 bits per heavy atom. The summed E-state index contributed by atoms with van der Waals surface area (Å²) in [6.07, 6.45) is 2.50. The molecular formula is C23H34N2O3. The summed E-state index contributed by atoms with van der Waals surface area (Å²) in [7, 11) is 0. The molecule has 0 aliphatic carbocycles. The van der Waals surface area contributed by atoms with Gasteiger partial charge in [0.1, 0.15) is 5.75 Å². The first-order valence-electron chi connectivity index (χ1n) is 10.7. The van der Waals surface area contributed by atoms with Gasteiger partial charge < -0.3 is 14.9 Å². The lowest BCUT2D eigenvalue weighted by Gasteiger charge is -2.24. The Labute approximate surface area is 168 Å². The summed E-state index contributed by atoms with van der Waals surface area (Å²) in [5, 5.41) is 10.8. The van der Waals surface area contributed by atoms with Crippen LogP contribution in [0.1, 0.15) is 87.2 Å². The Morgan fingerprint density at radius 1 is 1.14 bits per heavy atom. The third kappa shape index (κ3) is 3.51. The number of aromatic hydroxyl groups is 1. The maximum atomic E-state index is 13.3. The van der Waals surface area contributed by atoms with E-state index in [2.05, 4.69) is 20.8 Å². The molecule has 1 spiro atoms. The van der Waals surface area contributed by atoms with Crippen molar-refractivity contribution < 1.29 is 14.7 Å². The highest BCUT2D eigenvalue weighted by Gasteiger charge is 2.51. The van der Waals surface area contributed by atoms with E-state index in [1.54, 1.807) is 4.90 Å². The molecule has 5 nitrogen and oxygen atoms in total. The second-order valence-electron chi connectivity index (χ2n) is 9.11. The number of benzene rings is 1. The third-order valence-corrected chi connectivity index (χ3v) is 6.42. The number of hydrogen-bond acceptors (Lipinski definition) is 3. The maximum Gasteiger partial charge on any atom is 0.257 e. The van der Waals surface area contributed by atoms with Gasteiger partial charge in [0.25, 0.3) is 5.91 Å². The predicted octanol–water partition coefficient (Wildman–Crippen LogP) is 4.11. The van der Waals surface area contributed by atoms with Crippen molar-refractivity contribution in [2.24, 2.45) is 5.41 Å². The van der Waals surface area contributed by atoms with Gasteiger partial charge in [0, 0.05) is 26.2 Å². The van der Waals surface area contributed by atoms with Gasteiger partial charge in [-0.15, -0.1) is 0 Å². The van der Waals surface area contributed by atoms with Crippen LogP contribution < -0.4 is 0 Å². The summed E-state index contributed by atoms with van der Waals surface area (Å²) in [6.45, 7) is 12.9. The quantitative estimate of drug-likeness (QED) is 0.828. The smallest absolute Gasteiger partial charge is 0.257 e. The molecule has 1 unspecified atom stereocenters. The predicted molar refractivity (Wildman–Crippen MR) is 111 cm³/mol. The molecule has 2 aliphatic rings. The van der Waals surface area contributed by atoms with E-state index in [4.69, 9.17) is 0 Å². The van der Waals surface area contributed by atoms with E-state index in [-0.39, 0.29) is 29.4 Å². The molecule has 5 heteroatoms. The largest absolute Gasteiger partial charge is 0.507 e. The Hall–Kier alpha value is -2.04. The second-order valence-corrected chi connectivity index (χ2v) is 9.11. The van der Waals surface area contributed by atoms with E-state index >= 15 is 0 Å². The van der Waals surface area contributed by atoms with Gasteiger partial charge in [-0.3, -0.25) is 9.59 Å². The fraction of sp³-hybridized carbons (Fsp3) is 0.652. The summed E-state index contributed by atoms with van der Waals surface area (Å²) < 4.78 is 0. The van der Waals surface area contributed by atoms with Gasteiger partial charge in [-0.25, -0.2) is 0 Å². The second kappa shape index (κ2) is 7.76. The van der Waals surface area contributed by atoms with E-state index in [1.807, 2.05) is 30.9 Å². The van der Waals surface area contributed by atoms with Gasteiger partial charge in [-0.05, 0) is 48.3 Å². The minimum atomic E-state index is -0.420. The number of phenols is 1. The van der Waals surface area contributed by atoms with Crippen molar-refractivity contribution in [3.05, 3.63) is 28.8 Å². The van der Waals surface area contributed by atoms with Gasteiger partial charge in [0.05, 0.1) is 11.0 Å². The molecule has 2 amide bonds. The molecule has 0 bridgehead atoms. The van der Waals surface area contributed by atoms with Gasteiger partial charge in [-0.2, -0.15) is 0 Å². The zero-order chi connectivity index (χ0) is 20.6. The van der Waals surface area contributed by atoms with Crippen molar-refractivity contribution in [1.29, 1.82) is 0 Å². The molecule has 1 atom stereocenters. The molecule has 0 radical (unpaired) electrons. The summed E-state index contributed by atoms with van der Waals surface area (Å²) in [5.41, 5.74) is 1.83. The van der Waals surface area contributed by atoms with Crippen LogP contribution >= 0.6 is 0 Å². The first kappa shape index (κ1) is 20.7. The minimum Gasteiger partial charge on any atom is -0.507 e. The van der Waals surface area contributed by atoms with E-state index in [1.165, 1.54) is 0 Å². The van der Waals surface area contributed by atoms with Crippen LogP contribution in [0.5, 0.6) is 5.75 Å². The number of carbonyl (C=O) groups excluding carboxylic acids is 2. The number of likely N-dealkylation sites (tertiary alicyclic amines) is 2. The molecular weight excluding hydrogens is 352 g/mol. The van der Waals surface area contributed by atoms with Gasteiger partial charge in [0.2, 0.25) is 5.91 Å². The van der Waals surface area contributed by atoms with Crippen LogP contribution in [-0.4, -0.2) is 52.9 Å². The van der Waals surface area contributed by atoms with Crippen LogP contribution in [0.3, 0.4) is 0 Å². The lowest BCUT2D eigenvalue weighted by atomic mass is 9.85. The molecule has 2 heterocycles. The number of nitrogens with zero attached hydrogens (tertiary/aromatic N) is 2. The molecule has 0 saturated carbocycles. The molecule has 1 aromatic rings. The topological polar surface area (TPSA) is 60.9 Å². The third-order valence-electron chi connectivity index (χ3n) is 6.42. The van der Waals surface area contributed by atoms with Crippen molar-refractivity contribution in [2.45, 2.75) is 65.7 Å². The zero-order valence-electron chi connectivity index (χ0n) is 17.9. The summed E-state index contributed by atoms with van der Waals surface area (Å²) in [4.78, 5) is 29.9. The van der Waals surface area contributed by atoms with E-state index in [0.29, 0.717) is 18.7 Å². The average molecular weight is 387 g/mol. The van der Waals surface area contributed by atoms with Crippen LogP contribution in [0.4, 0.5) is 0 Å². The molecule has 28 heavy (non-hydrogen) atoms. The molecule has 154 valence electrons. The van der Waals surface area contributed by atoms with E-state index < -0.39 is 5.41 Å². The molecule has 2 aliphatic heterocycles. The first-order valence-corrected chi connectivity index (χ1v) is 10.7. The highest BCUT2D eigenvalue weighted by Crippen LogP contribution is 2.42. The van der Waals surface area contributed by atoms with Crippen molar-refractivity contribution in [1.82, 2.24) is 9.80 Å². The Bertz CT molecular complexity index is 771. The minimum absolute atomic E-state index is 0.0932. The molecule has 1 N–H and O–H groups in total. The van der Waals surface area contributed by atoms with Crippen LogP contribution in [0, 0.1) is 5.41 Å². The number of amides is 2. The van der Waals surface area contributed by atoms with Gasteiger partial charge >= 0.3 is 0 Å². The highest BCUT2D eigenvalue weighted by molar-refractivity contribution is 5.98. The molecule has 1 aromatic carbocycles. The monoisotopic (exact) mass is 386 g/mol. The standard InChI is InChI=1S/C23H34N2O3/c1-6-9-24-10-7-23(22(24)28)8-11-25(14-23)21(27)19-13-17(15(2)3)12-18(16(4)5)20(19)26/h12-13,15-16,26H,6-11,14H2,1-5H3. The van der Waals surface area contributed by atoms with Gasteiger partial charge in [0.15, 0.2) is 0 Å². The van der Waals surface area contributed by atoms with Crippen LogP contribution in [0.2, 0.25) is 0 Å². The Kier molecular flexibility index (Phi) is 5.74. The van der Waals surface area contributed by atoms with Crippen molar-refractivity contribution >= 4 is 11.8 Å². The molecule has 0 aromatic heterocycles. The zero-order valence-corrected chi connectivity index (χ0v) is 17.9. The number of rotatable bonds is 5. The Balaban J connectivity index is 1.87.